The molecule has 2 aromatic carbocycles. The van der Waals surface area contributed by atoms with Crippen LogP contribution in [0.4, 0.5) is 24.5 Å². The zero-order valence-corrected chi connectivity index (χ0v) is 18.5. The van der Waals surface area contributed by atoms with E-state index in [2.05, 4.69) is 46.7 Å². The molecule has 0 aliphatic carbocycles. The third-order valence-electron chi connectivity index (χ3n) is 5.29. The van der Waals surface area contributed by atoms with Crippen molar-refractivity contribution in [2.45, 2.75) is 38.9 Å². The topological polar surface area (TPSA) is 27.3 Å². The lowest BCUT2D eigenvalue weighted by atomic mass is 9.99. The molecule has 8 heteroatoms. The highest BCUT2D eigenvalue weighted by molar-refractivity contribution is 7.80. The first-order valence-electron chi connectivity index (χ1n) is 9.92. The smallest absolute Gasteiger partial charge is 0.371 e. The third-order valence-corrected chi connectivity index (χ3v) is 5.84. The molecule has 3 rings (SSSR count). The molecule has 2 atom stereocenters. The second-order valence-electron chi connectivity index (χ2n) is 7.80. The van der Waals surface area contributed by atoms with Gasteiger partial charge in [0.05, 0.1) is 16.6 Å². The highest BCUT2D eigenvalue weighted by Gasteiger charge is 2.33. The zero-order valence-electron chi connectivity index (χ0n) is 16.9. The van der Waals surface area contributed by atoms with Crippen molar-refractivity contribution in [1.29, 1.82) is 0 Å². The summed E-state index contributed by atoms with van der Waals surface area (Å²) in [6.07, 6.45) is -2.04. The van der Waals surface area contributed by atoms with Crippen molar-refractivity contribution in [2.24, 2.45) is 5.92 Å². The molecule has 2 unspecified atom stereocenters. The van der Waals surface area contributed by atoms with Gasteiger partial charge in [0.25, 0.3) is 0 Å². The summed E-state index contributed by atoms with van der Waals surface area (Å²) in [6, 6.07) is 11.8. The Bertz CT molecular complexity index is 886. The third kappa shape index (κ3) is 5.79. The van der Waals surface area contributed by atoms with Crippen LogP contribution in [0.2, 0.25) is 5.02 Å². The van der Waals surface area contributed by atoms with E-state index < -0.39 is 11.7 Å². The molecule has 0 spiro atoms. The molecule has 0 saturated carbocycles. The minimum absolute atomic E-state index is 0.103. The monoisotopic (exact) mass is 455 g/mol. The fourth-order valence-electron chi connectivity index (χ4n) is 3.67. The lowest BCUT2D eigenvalue weighted by Crippen LogP contribution is -2.34. The second-order valence-corrected chi connectivity index (χ2v) is 8.61. The Morgan fingerprint density at radius 2 is 1.90 bits per heavy atom. The van der Waals surface area contributed by atoms with Gasteiger partial charge >= 0.3 is 6.18 Å². The van der Waals surface area contributed by atoms with E-state index >= 15 is 0 Å². The molecule has 1 aliphatic rings. The van der Waals surface area contributed by atoms with Crippen LogP contribution in [0.15, 0.2) is 42.5 Å². The molecule has 0 amide bonds. The first-order valence-corrected chi connectivity index (χ1v) is 10.7. The first kappa shape index (κ1) is 22.7. The van der Waals surface area contributed by atoms with Crippen molar-refractivity contribution in [3.63, 3.8) is 0 Å². The van der Waals surface area contributed by atoms with Gasteiger partial charge in [-0.3, -0.25) is 0 Å². The minimum Gasteiger partial charge on any atom is -0.371 e. The van der Waals surface area contributed by atoms with Crippen LogP contribution in [-0.4, -0.2) is 18.2 Å². The Labute approximate surface area is 185 Å². The van der Waals surface area contributed by atoms with Crippen LogP contribution in [0, 0.1) is 5.92 Å². The molecule has 1 heterocycles. The van der Waals surface area contributed by atoms with Crippen molar-refractivity contribution in [2.75, 3.05) is 23.3 Å². The molecule has 2 aromatic rings. The summed E-state index contributed by atoms with van der Waals surface area (Å²) in [5, 5.41) is 5.82. The number of benzene rings is 2. The van der Waals surface area contributed by atoms with Crippen molar-refractivity contribution in [3.05, 3.63) is 58.6 Å². The molecule has 0 aromatic heterocycles. The normalized spacial score (nSPS) is 18.1. The number of hydrogen-bond acceptors (Lipinski definition) is 2. The molecule has 1 saturated heterocycles. The van der Waals surface area contributed by atoms with E-state index in [9.17, 15) is 13.2 Å². The van der Waals surface area contributed by atoms with E-state index in [1.54, 1.807) is 0 Å². The molecule has 1 aliphatic heterocycles. The Hall–Kier alpha value is -1.99. The van der Waals surface area contributed by atoms with Gasteiger partial charge in [0.1, 0.15) is 0 Å². The SMILES string of the molecule is CC1CCCN(c2ccc(C(C)NC(=S)Nc3ccc(Cl)c(C(F)(F)F)c3)cc2)C1. The Morgan fingerprint density at radius 1 is 1.20 bits per heavy atom. The van der Waals surface area contributed by atoms with Gasteiger partial charge in [-0.25, -0.2) is 0 Å². The van der Waals surface area contributed by atoms with Gasteiger partial charge in [0, 0.05) is 24.5 Å². The lowest BCUT2D eigenvalue weighted by molar-refractivity contribution is -0.137. The number of nitrogens with one attached hydrogen (secondary N) is 2. The van der Waals surface area contributed by atoms with Crippen LogP contribution in [0.5, 0.6) is 0 Å². The zero-order chi connectivity index (χ0) is 21.9. The maximum absolute atomic E-state index is 13.0. The lowest BCUT2D eigenvalue weighted by Gasteiger charge is -2.33. The summed E-state index contributed by atoms with van der Waals surface area (Å²) >= 11 is 10.9. The van der Waals surface area contributed by atoms with Crippen molar-refractivity contribution < 1.29 is 13.2 Å². The molecule has 0 radical (unpaired) electrons. The standard InChI is InChI=1S/C22H25ClF3N3S/c1-14-4-3-11-29(13-14)18-8-5-16(6-9-18)15(2)27-21(30)28-17-7-10-20(23)19(12-17)22(24,25)26/h5-10,12,14-15H,3-4,11,13H2,1-2H3,(H2,27,28,30). The Kier molecular flexibility index (Phi) is 7.14. The molecule has 3 nitrogen and oxygen atoms in total. The molecule has 1 fully saturated rings. The van der Waals surface area contributed by atoms with Crippen molar-refractivity contribution >= 4 is 40.3 Å². The van der Waals surface area contributed by atoms with Gasteiger partial charge in [0.2, 0.25) is 0 Å². The number of piperidine rings is 1. The fraction of sp³-hybridized carbons (Fsp3) is 0.409. The minimum atomic E-state index is -4.52. The number of anilines is 2. The second kappa shape index (κ2) is 9.43. The predicted molar refractivity (Wildman–Crippen MR) is 121 cm³/mol. The molecule has 30 heavy (non-hydrogen) atoms. The van der Waals surface area contributed by atoms with Crippen LogP contribution < -0.4 is 15.5 Å². The average Bonchev–Trinajstić information content (AvgIpc) is 2.68. The number of hydrogen-bond donors (Lipinski definition) is 2. The number of nitrogens with zero attached hydrogens (tertiary/aromatic N) is 1. The van der Waals surface area contributed by atoms with Crippen molar-refractivity contribution in [1.82, 2.24) is 5.32 Å². The van der Waals surface area contributed by atoms with Crippen LogP contribution in [0.1, 0.15) is 43.9 Å². The van der Waals surface area contributed by atoms with E-state index in [1.807, 2.05) is 6.92 Å². The molecule has 162 valence electrons. The summed E-state index contributed by atoms with van der Waals surface area (Å²) < 4.78 is 39.1. The van der Waals surface area contributed by atoms with Gasteiger partial charge in [-0.05, 0) is 73.8 Å². The van der Waals surface area contributed by atoms with Crippen LogP contribution in [0.3, 0.4) is 0 Å². The van der Waals surface area contributed by atoms with Gasteiger partial charge in [-0.1, -0.05) is 30.7 Å². The van der Waals surface area contributed by atoms with Crippen molar-refractivity contribution in [3.8, 4) is 0 Å². The van der Waals surface area contributed by atoms with Crippen LogP contribution in [-0.2, 0) is 6.18 Å². The predicted octanol–water partition coefficient (Wildman–Crippen LogP) is 6.64. The van der Waals surface area contributed by atoms with Crippen LogP contribution >= 0.6 is 23.8 Å². The maximum Gasteiger partial charge on any atom is 0.417 e. The molecule has 2 N–H and O–H groups in total. The number of alkyl halides is 3. The Balaban J connectivity index is 1.60. The quantitative estimate of drug-likeness (QED) is 0.505. The maximum atomic E-state index is 13.0. The largest absolute Gasteiger partial charge is 0.417 e. The van der Waals surface area contributed by atoms with Crippen LogP contribution in [0.25, 0.3) is 0 Å². The highest BCUT2D eigenvalue weighted by atomic mass is 35.5. The van der Waals surface area contributed by atoms with E-state index in [1.165, 1.54) is 30.7 Å². The van der Waals surface area contributed by atoms with E-state index in [0.29, 0.717) is 5.92 Å². The fourth-order valence-corrected chi connectivity index (χ4v) is 4.18. The Morgan fingerprint density at radius 3 is 2.53 bits per heavy atom. The summed E-state index contributed by atoms with van der Waals surface area (Å²) in [5.74, 6) is 0.702. The summed E-state index contributed by atoms with van der Waals surface area (Å²) in [7, 11) is 0. The number of rotatable bonds is 4. The number of thiocarbonyl (C=S) groups is 1. The van der Waals surface area contributed by atoms with Gasteiger partial charge in [-0.15, -0.1) is 0 Å². The molecular formula is C22H25ClF3N3S. The van der Waals surface area contributed by atoms with Gasteiger partial charge in [0.15, 0.2) is 5.11 Å². The van der Waals surface area contributed by atoms with E-state index in [4.69, 9.17) is 23.8 Å². The van der Waals surface area contributed by atoms with Gasteiger partial charge in [-0.2, -0.15) is 13.2 Å². The summed E-state index contributed by atoms with van der Waals surface area (Å²) in [6.45, 7) is 6.38. The summed E-state index contributed by atoms with van der Waals surface area (Å²) in [4.78, 5) is 2.40. The van der Waals surface area contributed by atoms with E-state index in [0.717, 1.165) is 24.7 Å². The molecule has 0 bridgehead atoms. The summed E-state index contributed by atoms with van der Waals surface area (Å²) in [5.41, 5.74) is 1.58. The molecular weight excluding hydrogens is 431 g/mol. The first-order chi connectivity index (χ1) is 14.1. The number of halogens is 4. The van der Waals surface area contributed by atoms with Gasteiger partial charge < -0.3 is 15.5 Å². The average molecular weight is 456 g/mol. The highest BCUT2D eigenvalue weighted by Crippen LogP contribution is 2.36. The van der Waals surface area contributed by atoms with E-state index in [-0.39, 0.29) is 21.9 Å².